The molecule has 58 valence electrons. The quantitative estimate of drug-likeness (QED) is 0.345. The molecule has 0 saturated carbocycles. The van der Waals surface area contributed by atoms with E-state index in [1.165, 1.54) is 0 Å². The normalized spacial score (nSPS) is 11.4. The summed E-state index contributed by atoms with van der Waals surface area (Å²) in [5, 5.41) is 16.1. The third-order valence-electron chi connectivity index (χ3n) is 1.19. The van der Waals surface area contributed by atoms with Crippen LogP contribution in [0.25, 0.3) is 0 Å². The number of hydroxylamine groups is 2. The second-order valence-corrected chi connectivity index (χ2v) is 1.76. The summed E-state index contributed by atoms with van der Waals surface area (Å²) in [7, 11) is 0. The van der Waals surface area contributed by atoms with Crippen LogP contribution in [0.2, 0.25) is 0 Å². The number of carbonyl (C=O) groups excluding carboxylic acids is 1. The molecule has 0 fully saturated rings. The van der Waals surface area contributed by atoms with Gasteiger partial charge in [-0.1, -0.05) is 18.2 Å². The van der Waals surface area contributed by atoms with E-state index in [4.69, 9.17) is 10.4 Å². The smallest absolute Gasteiger partial charge is 0.265 e. The third-order valence-corrected chi connectivity index (χ3v) is 1.19. The van der Waals surface area contributed by atoms with E-state index in [1.807, 2.05) is 0 Å². The predicted octanol–water partition coefficient (Wildman–Crippen LogP) is 0.950. The summed E-state index contributed by atoms with van der Waals surface area (Å²) in [4.78, 5) is 10.7. The Labute approximate surface area is 59.3 Å². The average molecular weight is 145 g/mol. The van der Waals surface area contributed by atoms with Gasteiger partial charge in [0.1, 0.15) is 0 Å². The molecule has 0 bridgehead atoms. The number of carbonyl (C=O) groups is 1. The van der Waals surface area contributed by atoms with Crippen molar-refractivity contribution in [1.82, 2.24) is 5.23 Å². The van der Waals surface area contributed by atoms with Gasteiger partial charge in [-0.05, 0) is 13.3 Å². The lowest BCUT2D eigenvalue weighted by Gasteiger charge is -2.06. The van der Waals surface area contributed by atoms with E-state index in [0.717, 1.165) is 0 Å². The first-order valence-electron chi connectivity index (χ1n) is 3.00. The highest BCUT2D eigenvalue weighted by molar-refractivity contribution is 5.91. The molecule has 4 heteroatoms. The first kappa shape index (κ1) is 9.13. The van der Waals surface area contributed by atoms with Gasteiger partial charge < -0.3 is 0 Å². The number of allylic oxidation sites excluding steroid dienone is 1. The van der Waals surface area contributed by atoms with Gasteiger partial charge >= 0.3 is 0 Å². The Morgan fingerprint density at radius 2 is 2.10 bits per heavy atom. The minimum atomic E-state index is -0.773. The van der Waals surface area contributed by atoms with Gasteiger partial charge in [0.05, 0.1) is 0 Å². The summed E-state index contributed by atoms with van der Waals surface area (Å²) in [5.74, 6) is -0.773. The van der Waals surface area contributed by atoms with Crippen LogP contribution in [-0.4, -0.2) is 21.5 Å². The molecule has 10 heavy (non-hydrogen) atoms. The molecule has 4 nitrogen and oxygen atoms in total. The van der Waals surface area contributed by atoms with Crippen molar-refractivity contribution < 1.29 is 15.2 Å². The molecule has 2 N–H and O–H groups in total. The fraction of sp³-hybridized carbons (Fsp3) is 0.500. The number of nitrogens with zero attached hydrogens (tertiary/aromatic N) is 1. The lowest BCUT2D eigenvalue weighted by molar-refractivity contribution is -0.281. The Morgan fingerprint density at radius 1 is 1.60 bits per heavy atom. The van der Waals surface area contributed by atoms with E-state index in [1.54, 1.807) is 19.9 Å². The van der Waals surface area contributed by atoms with Crippen LogP contribution in [0.4, 0.5) is 0 Å². The minimum Gasteiger partial charge on any atom is -0.265 e. The summed E-state index contributed by atoms with van der Waals surface area (Å²) in [6.07, 6.45) is 2.04. The highest BCUT2D eigenvalue weighted by Gasteiger charge is 2.10. The largest absolute Gasteiger partial charge is 0.299 e. The zero-order valence-electron chi connectivity index (χ0n) is 6.03. The minimum absolute atomic E-state index is 0.380. The van der Waals surface area contributed by atoms with Gasteiger partial charge in [0.2, 0.25) is 0 Å². The summed E-state index contributed by atoms with van der Waals surface area (Å²) in [5.41, 5.74) is 0.380. The molecule has 0 atom stereocenters. The predicted molar refractivity (Wildman–Crippen MR) is 34.5 cm³/mol. The van der Waals surface area contributed by atoms with Crippen LogP contribution in [0.5, 0.6) is 0 Å². The van der Waals surface area contributed by atoms with E-state index >= 15 is 0 Å². The summed E-state index contributed by atoms with van der Waals surface area (Å²) in [6.45, 7) is 3.43. The number of amides is 1. The number of rotatable bonds is 2. The summed E-state index contributed by atoms with van der Waals surface area (Å²) < 4.78 is 0. The third kappa shape index (κ3) is 2.16. The van der Waals surface area contributed by atoms with Crippen molar-refractivity contribution in [3.8, 4) is 0 Å². The summed E-state index contributed by atoms with van der Waals surface area (Å²) in [6, 6.07) is 0. The molecule has 0 aromatic rings. The molecule has 0 rings (SSSR count). The van der Waals surface area contributed by atoms with Crippen LogP contribution in [0.1, 0.15) is 20.3 Å². The molecule has 0 aromatic heterocycles. The molecule has 1 amide bonds. The van der Waals surface area contributed by atoms with E-state index in [-0.39, 0.29) is 0 Å². The molecular weight excluding hydrogens is 134 g/mol. The Kier molecular flexibility index (Phi) is 3.68. The maximum atomic E-state index is 10.7. The fourth-order valence-electron chi connectivity index (χ4n) is 0.607. The van der Waals surface area contributed by atoms with Crippen molar-refractivity contribution in [3.63, 3.8) is 0 Å². The fourth-order valence-corrected chi connectivity index (χ4v) is 0.607. The molecule has 0 aliphatic rings. The number of hydrogen-bond donors (Lipinski definition) is 2. The van der Waals surface area contributed by atoms with Crippen LogP contribution < -0.4 is 0 Å². The molecule has 0 radical (unpaired) electrons. The average Bonchev–Trinajstić information content (AvgIpc) is 1.90. The van der Waals surface area contributed by atoms with E-state index in [9.17, 15) is 4.79 Å². The first-order chi connectivity index (χ1) is 4.63. The van der Waals surface area contributed by atoms with Gasteiger partial charge in [-0.3, -0.25) is 15.2 Å². The molecule has 0 spiro atoms. The van der Waals surface area contributed by atoms with Gasteiger partial charge in [0.25, 0.3) is 5.91 Å². The zero-order valence-corrected chi connectivity index (χ0v) is 6.03. The Morgan fingerprint density at radius 3 is 2.20 bits per heavy atom. The zero-order chi connectivity index (χ0) is 8.15. The van der Waals surface area contributed by atoms with Crippen LogP contribution in [0.15, 0.2) is 11.6 Å². The molecule has 0 saturated heterocycles. The van der Waals surface area contributed by atoms with Crippen LogP contribution in [0, 0.1) is 0 Å². The van der Waals surface area contributed by atoms with Gasteiger partial charge in [-0.25, -0.2) is 0 Å². The monoisotopic (exact) mass is 145 g/mol. The second-order valence-electron chi connectivity index (χ2n) is 1.76. The molecule has 0 aliphatic carbocycles. The van der Waals surface area contributed by atoms with Gasteiger partial charge in [-0.2, -0.15) is 0 Å². The maximum Gasteiger partial charge on any atom is 0.299 e. The second kappa shape index (κ2) is 4.03. The lowest BCUT2D eigenvalue weighted by atomic mass is 10.2. The highest BCUT2D eigenvalue weighted by Crippen LogP contribution is 2.02. The van der Waals surface area contributed by atoms with E-state index in [0.29, 0.717) is 12.0 Å². The molecule has 0 aliphatic heterocycles. The Bertz CT molecular complexity index is 151. The maximum absolute atomic E-state index is 10.7. The molecule has 0 aromatic carbocycles. The van der Waals surface area contributed by atoms with Crippen molar-refractivity contribution in [2.24, 2.45) is 0 Å². The SMILES string of the molecule is C/C=C(\CC)C(=O)N(O)O. The van der Waals surface area contributed by atoms with Crippen molar-refractivity contribution in [3.05, 3.63) is 11.6 Å². The molecule has 0 unspecified atom stereocenters. The topological polar surface area (TPSA) is 60.8 Å². The highest BCUT2D eigenvalue weighted by atomic mass is 16.8. The Balaban J connectivity index is 4.18. The van der Waals surface area contributed by atoms with Crippen LogP contribution >= 0.6 is 0 Å². The van der Waals surface area contributed by atoms with Crippen molar-refractivity contribution in [2.75, 3.05) is 0 Å². The van der Waals surface area contributed by atoms with Gasteiger partial charge in [0, 0.05) is 5.57 Å². The van der Waals surface area contributed by atoms with Crippen molar-refractivity contribution in [2.45, 2.75) is 20.3 Å². The van der Waals surface area contributed by atoms with Gasteiger partial charge in [0.15, 0.2) is 0 Å². The van der Waals surface area contributed by atoms with Crippen molar-refractivity contribution >= 4 is 5.91 Å². The Hall–Kier alpha value is -0.870. The molecule has 0 heterocycles. The van der Waals surface area contributed by atoms with Gasteiger partial charge in [-0.15, -0.1) is 0 Å². The van der Waals surface area contributed by atoms with E-state index < -0.39 is 11.1 Å². The van der Waals surface area contributed by atoms with E-state index in [2.05, 4.69) is 0 Å². The molecular formula is C6H11NO3. The van der Waals surface area contributed by atoms with Crippen LogP contribution in [-0.2, 0) is 4.79 Å². The lowest BCUT2D eigenvalue weighted by Crippen LogP contribution is -2.24. The van der Waals surface area contributed by atoms with Crippen LogP contribution in [0.3, 0.4) is 0 Å². The summed E-state index contributed by atoms with van der Waals surface area (Å²) >= 11 is 0. The first-order valence-corrected chi connectivity index (χ1v) is 3.00. The standard InChI is InChI=1S/C6H11NO3/c1-3-5(4-2)6(8)7(9)10/h3,9-10H,4H2,1-2H3/b5-3+. The number of hydrogen-bond acceptors (Lipinski definition) is 3. The van der Waals surface area contributed by atoms with Crippen molar-refractivity contribution in [1.29, 1.82) is 0 Å².